The molecule has 28 heavy (non-hydrogen) atoms. The first-order valence-electron chi connectivity index (χ1n) is 9.20. The van der Waals surface area contributed by atoms with Crippen LogP contribution in [0.4, 0.5) is 5.69 Å². The number of hydrogen-bond acceptors (Lipinski definition) is 2. The molecule has 1 heterocycles. The Balaban J connectivity index is 1.57. The summed E-state index contributed by atoms with van der Waals surface area (Å²) in [6.07, 6.45) is 3.64. The van der Waals surface area contributed by atoms with Gasteiger partial charge in [-0.2, -0.15) is 0 Å². The van der Waals surface area contributed by atoms with Crippen molar-refractivity contribution in [3.05, 3.63) is 106 Å². The van der Waals surface area contributed by atoms with Crippen molar-refractivity contribution >= 4 is 40.3 Å². The van der Waals surface area contributed by atoms with E-state index in [1.54, 1.807) is 0 Å². The van der Waals surface area contributed by atoms with Crippen LogP contribution in [0.1, 0.15) is 11.1 Å². The maximum absolute atomic E-state index is 12.9. The van der Waals surface area contributed by atoms with Crippen molar-refractivity contribution in [3.8, 4) is 0 Å². The van der Waals surface area contributed by atoms with Crippen LogP contribution in [0.3, 0.4) is 0 Å². The Morgan fingerprint density at radius 2 is 1.54 bits per heavy atom. The molecule has 0 saturated carbocycles. The van der Waals surface area contributed by atoms with E-state index in [9.17, 15) is 4.79 Å². The molecule has 0 aliphatic carbocycles. The Labute approximate surface area is 178 Å². The second kappa shape index (κ2) is 8.71. The van der Waals surface area contributed by atoms with Crippen LogP contribution in [0.2, 0.25) is 0 Å². The lowest BCUT2D eigenvalue weighted by molar-refractivity contribution is -0.141. The molecule has 4 heteroatoms. The number of para-hydroxylation sites is 1. The SMILES string of the molecule is O=C1[C@H](OCc2ccccc2)[C@H](/C=C/c2ccccc2)N1c1ccccc1I. The Kier molecular flexibility index (Phi) is 5.88. The van der Waals surface area contributed by atoms with Gasteiger partial charge in [0, 0.05) is 3.57 Å². The molecule has 1 amide bonds. The lowest BCUT2D eigenvalue weighted by Crippen LogP contribution is -2.65. The maximum Gasteiger partial charge on any atom is 0.259 e. The molecule has 1 aliphatic heterocycles. The van der Waals surface area contributed by atoms with Gasteiger partial charge >= 0.3 is 0 Å². The monoisotopic (exact) mass is 481 g/mol. The van der Waals surface area contributed by atoms with Gasteiger partial charge in [-0.3, -0.25) is 9.69 Å². The summed E-state index contributed by atoms with van der Waals surface area (Å²) in [7, 11) is 0. The average molecular weight is 481 g/mol. The molecule has 3 nitrogen and oxygen atoms in total. The predicted octanol–water partition coefficient (Wildman–Crippen LogP) is 5.31. The highest BCUT2D eigenvalue weighted by molar-refractivity contribution is 14.1. The van der Waals surface area contributed by atoms with Gasteiger partial charge < -0.3 is 4.74 Å². The standard InChI is InChI=1S/C24H20INO2/c25-20-13-7-8-14-21(20)26-22(16-15-18-9-3-1-4-10-18)23(24(26)27)28-17-19-11-5-2-6-12-19/h1-16,22-23H,17H2/b16-15+/t22-,23+/m0/s1. The molecular formula is C24H20INO2. The fraction of sp³-hybridized carbons (Fsp3) is 0.125. The highest BCUT2D eigenvalue weighted by Gasteiger charge is 2.48. The van der Waals surface area contributed by atoms with E-state index in [0.29, 0.717) is 6.61 Å². The number of benzene rings is 3. The molecule has 2 atom stereocenters. The van der Waals surface area contributed by atoms with Crippen LogP contribution in [0.15, 0.2) is 91.0 Å². The molecule has 0 unspecified atom stereocenters. The summed E-state index contributed by atoms with van der Waals surface area (Å²) in [5.41, 5.74) is 3.09. The molecule has 0 aromatic heterocycles. The molecule has 3 aromatic rings. The van der Waals surface area contributed by atoms with Gasteiger partial charge in [0.05, 0.1) is 18.3 Å². The normalized spacial score (nSPS) is 19.0. The van der Waals surface area contributed by atoms with Crippen molar-refractivity contribution in [2.45, 2.75) is 18.8 Å². The van der Waals surface area contributed by atoms with Gasteiger partial charge in [0.2, 0.25) is 0 Å². The number of nitrogens with zero attached hydrogens (tertiary/aromatic N) is 1. The third kappa shape index (κ3) is 4.03. The van der Waals surface area contributed by atoms with Crippen molar-refractivity contribution in [2.24, 2.45) is 0 Å². The lowest BCUT2D eigenvalue weighted by atomic mass is 9.95. The van der Waals surface area contributed by atoms with E-state index < -0.39 is 6.10 Å². The Morgan fingerprint density at radius 3 is 2.25 bits per heavy atom. The molecule has 1 saturated heterocycles. The number of halogens is 1. The zero-order valence-electron chi connectivity index (χ0n) is 15.2. The van der Waals surface area contributed by atoms with Crippen LogP contribution >= 0.6 is 22.6 Å². The molecule has 0 radical (unpaired) electrons. The summed E-state index contributed by atoms with van der Waals surface area (Å²) in [6, 6.07) is 27.9. The summed E-state index contributed by atoms with van der Waals surface area (Å²) in [5, 5.41) is 0. The highest BCUT2D eigenvalue weighted by atomic mass is 127. The number of hydrogen-bond donors (Lipinski definition) is 0. The smallest absolute Gasteiger partial charge is 0.259 e. The number of anilines is 1. The minimum Gasteiger partial charge on any atom is -0.361 e. The molecule has 1 aliphatic rings. The molecule has 4 rings (SSSR count). The van der Waals surface area contributed by atoms with Gasteiger partial charge in [0.25, 0.3) is 5.91 Å². The maximum atomic E-state index is 12.9. The summed E-state index contributed by atoms with van der Waals surface area (Å²) < 4.78 is 7.07. The summed E-state index contributed by atoms with van der Waals surface area (Å²) in [5.74, 6) is 0.00255. The number of β-lactam (4-membered cyclic amide) rings is 1. The van der Waals surface area contributed by atoms with Crippen LogP contribution < -0.4 is 4.90 Å². The zero-order valence-corrected chi connectivity index (χ0v) is 17.4. The second-order valence-corrected chi connectivity index (χ2v) is 7.80. The predicted molar refractivity (Wildman–Crippen MR) is 121 cm³/mol. The number of carbonyl (C=O) groups excluding carboxylic acids is 1. The third-order valence-electron chi connectivity index (χ3n) is 4.76. The summed E-state index contributed by atoms with van der Waals surface area (Å²) >= 11 is 2.27. The van der Waals surface area contributed by atoms with Gasteiger partial charge in [-0.05, 0) is 45.9 Å². The number of rotatable bonds is 6. The average Bonchev–Trinajstić information content (AvgIpc) is 2.74. The number of amides is 1. The van der Waals surface area contributed by atoms with Gasteiger partial charge in [-0.25, -0.2) is 0 Å². The van der Waals surface area contributed by atoms with Crippen LogP contribution in [-0.4, -0.2) is 18.1 Å². The Morgan fingerprint density at radius 1 is 0.893 bits per heavy atom. The Bertz CT molecular complexity index is 972. The first-order chi connectivity index (χ1) is 13.7. The van der Waals surface area contributed by atoms with Crippen molar-refractivity contribution in [1.82, 2.24) is 0 Å². The van der Waals surface area contributed by atoms with E-state index in [4.69, 9.17) is 4.74 Å². The molecule has 3 aromatic carbocycles. The molecule has 140 valence electrons. The van der Waals surface area contributed by atoms with E-state index in [1.165, 1.54) is 0 Å². The first-order valence-corrected chi connectivity index (χ1v) is 10.3. The van der Waals surface area contributed by atoms with E-state index >= 15 is 0 Å². The third-order valence-corrected chi connectivity index (χ3v) is 5.67. The van der Waals surface area contributed by atoms with Gasteiger partial charge in [-0.1, -0.05) is 84.9 Å². The summed E-state index contributed by atoms with van der Waals surface area (Å²) in [4.78, 5) is 14.8. The van der Waals surface area contributed by atoms with Crippen molar-refractivity contribution in [2.75, 3.05) is 4.90 Å². The minimum atomic E-state index is -0.476. The van der Waals surface area contributed by atoms with Gasteiger partial charge in [0.1, 0.15) is 0 Å². The van der Waals surface area contributed by atoms with E-state index in [-0.39, 0.29) is 11.9 Å². The highest BCUT2D eigenvalue weighted by Crippen LogP contribution is 2.34. The largest absolute Gasteiger partial charge is 0.361 e. The lowest BCUT2D eigenvalue weighted by Gasteiger charge is -2.45. The van der Waals surface area contributed by atoms with Crippen molar-refractivity contribution < 1.29 is 9.53 Å². The quantitative estimate of drug-likeness (QED) is 0.353. The molecule has 0 N–H and O–H groups in total. The van der Waals surface area contributed by atoms with Crippen LogP contribution in [0.25, 0.3) is 6.08 Å². The molecule has 1 fully saturated rings. The van der Waals surface area contributed by atoms with Crippen LogP contribution in [0.5, 0.6) is 0 Å². The van der Waals surface area contributed by atoms with E-state index in [2.05, 4.69) is 34.7 Å². The second-order valence-electron chi connectivity index (χ2n) is 6.64. The minimum absolute atomic E-state index is 0.00255. The van der Waals surface area contributed by atoms with Gasteiger partial charge in [0.15, 0.2) is 6.10 Å². The van der Waals surface area contributed by atoms with Crippen molar-refractivity contribution in [3.63, 3.8) is 0 Å². The number of carbonyl (C=O) groups is 1. The van der Waals surface area contributed by atoms with E-state index in [0.717, 1.165) is 20.4 Å². The fourth-order valence-electron chi connectivity index (χ4n) is 3.30. The van der Waals surface area contributed by atoms with E-state index in [1.807, 2.05) is 89.8 Å². The fourth-order valence-corrected chi connectivity index (χ4v) is 3.95. The molecule has 0 bridgehead atoms. The topological polar surface area (TPSA) is 29.5 Å². The van der Waals surface area contributed by atoms with Gasteiger partial charge in [-0.15, -0.1) is 0 Å². The zero-order chi connectivity index (χ0) is 19.3. The molecular weight excluding hydrogens is 461 g/mol. The number of ether oxygens (including phenoxy) is 1. The van der Waals surface area contributed by atoms with Crippen LogP contribution in [-0.2, 0) is 16.1 Å². The van der Waals surface area contributed by atoms with Crippen LogP contribution in [0, 0.1) is 3.57 Å². The summed E-state index contributed by atoms with van der Waals surface area (Å²) in [6.45, 7) is 0.423. The molecule has 0 spiro atoms. The Hall–Kier alpha value is -2.44. The first kappa shape index (κ1) is 18.9. The van der Waals surface area contributed by atoms with Crippen molar-refractivity contribution in [1.29, 1.82) is 0 Å².